The second kappa shape index (κ2) is 12.1. The maximum Gasteiger partial charge on any atom is 0.272 e. The summed E-state index contributed by atoms with van der Waals surface area (Å²) in [4.78, 5) is 18.1. The topological polar surface area (TPSA) is 82.0 Å². The molecule has 0 radical (unpaired) electrons. The van der Waals surface area contributed by atoms with Crippen LogP contribution in [0.4, 0.5) is 0 Å². The van der Waals surface area contributed by atoms with E-state index < -0.39 is 0 Å². The Morgan fingerprint density at radius 1 is 0.875 bits per heavy atom. The van der Waals surface area contributed by atoms with Crippen molar-refractivity contribution in [2.24, 2.45) is 5.10 Å². The molecule has 0 saturated carbocycles. The van der Waals surface area contributed by atoms with Crippen LogP contribution in [0.2, 0.25) is 0 Å². The van der Waals surface area contributed by atoms with Gasteiger partial charge < -0.3 is 14.2 Å². The van der Waals surface area contributed by atoms with Crippen molar-refractivity contribution in [3.63, 3.8) is 0 Å². The van der Waals surface area contributed by atoms with E-state index in [9.17, 15) is 4.79 Å². The number of hydrazone groups is 1. The van der Waals surface area contributed by atoms with Crippen LogP contribution in [0, 0.1) is 6.92 Å². The van der Waals surface area contributed by atoms with Gasteiger partial charge in [-0.2, -0.15) is 5.10 Å². The van der Waals surface area contributed by atoms with E-state index in [1.54, 1.807) is 26.5 Å². The first kappa shape index (κ1) is 26.4. The number of aromatic nitrogens is 1. The fourth-order valence-corrected chi connectivity index (χ4v) is 4.38. The number of nitrogens with zero attached hydrogens (tertiary/aromatic N) is 2. The Hall–Kier alpha value is -5.17. The van der Waals surface area contributed by atoms with Gasteiger partial charge in [0, 0.05) is 16.5 Å². The molecule has 5 aromatic rings. The molecular formula is C33H29N3O4. The van der Waals surface area contributed by atoms with Crippen LogP contribution < -0.4 is 19.6 Å². The molecule has 1 amide bonds. The lowest BCUT2D eigenvalue weighted by molar-refractivity contribution is 0.0956. The van der Waals surface area contributed by atoms with E-state index in [1.807, 2.05) is 97.9 Å². The van der Waals surface area contributed by atoms with Gasteiger partial charge in [0.15, 0.2) is 0 Å². The van der Waals surface area contributed by atoms with E-state index >= 15 is 0 Å². The number of hydrogen-bond donors (Lipinski definition) is 1. The molecule has 5 rings (SSSR count). The van der Waals surface area contributed by atoms with Crippen LogP contribution >= 0.6 is 0 Å². The van der Waals surface area contributed by atoms with Gasteiger partial charge in [-0.25, -0.2) is 10.4 Å². The molecule has 4 aromatic carbocycles. The molecule has 0 unspecified atom stereocenters. The zero-order valence-electron chi connectivity index (χ0n) is 22.5. The molecule has 0 spiro atoms. The van der Waals surface area contributed by atoms with Crippen LogP contribution in [-0.2, 0) is 6.61 Å². The first-order valence-corrected chi connectivity index (χ1v) is 12.8. The van der Waals surface area contributed by atoms with Crippen LogP contribution in [0.3, 0.4) is 0 Å². The number of pyridine rings is 1. The monoisotopic (exact) mass is 531 g/mol. The summed E-state index contributed by atoms with van der Waals surface area (Å²) in [6, 6.07) is 30.4. The molecule has 0 aliphatic heterocycles. The Morgan fingerprint density at radius 2 is 1.70 bits per heavy atom. The van der Waals surface area contributed by atoms with E-state index in [-0.39, 0.29) is 5.91 Å². The quantitative estimate of drug-likeness (QED) is 0.172. The van der Waals surface area contributed by atoms with Crippen molar-refractivity contribution in [3.05, 3.63) is 119 Å². The number of hydrogen-bond acceptors (Lipinski definition) is 6. The SMILES string of the molecule is COc1cccc(-c2cc(C(=O)NN=Cc3ccc(OC)c(COc4ccccc4C)c3)c3ccccc3n2)c1. The number of carbonyl (C=O) groups excluding carboxylic acids is 1. The summed E-state index contributed by atoms with van der Waals surface area (Å²) in [5.41, 5.74) is 8.09. The molecule has 0 aliphatic carbocycles. The molecular weight excluding hydrogens is 502 g/mol. The smallest absolute Gasteiger partial charge is 0.272 e. The van der Waals surface area contributed by atoms with Gasteiger partial charge in [-0.15, -0.1) is 0 Å². The summed E-state index contributed by atoms with van der Waals surface area (Å²) in [6.07, 6.45) is 1.60. The maximum absolute atomic E-state index is 13.3. The molecule has 1 N–H and O–H groups in total. The average molecular weight is 532 g/mol. The van der Waals surface area contributed by atoms with Crippen molar-refractivity contribution in [1.29, 1.82) is 0 Å². The number of ether oxygens (including phenoxy) is 3. The van der Waals surface area contributed by atoms with Gasteiger partial charge in [0.1, 0.15) is 23.9 Å². The van der Waals surface area contributed by atoms with E-state index in [0.717, 1.165) is 33.4 Å². The summed E-state index contributed by atoms with van der Waals surface area (Å²) >= 11 is 0. The molecule has 40 heavy (non-hydrogen) atoms. The highest BCUT2D eigenvalue weighted by Crippen LogP contribution is 2.27. The van der Waals surface area contributed by atoms with Crippen molar-refractivity contribution >= 4 is 23.0 Å². The number of amides is 1. The van der Waals surface area contributed by atoms with Crippen molar-refractivity contribution in [2.45, 2.75) is 13.5 Å². The number of aryl methyl sites for hydroxylation is 1. The van der Waals surface area contributed by atoms with Crippen molar-refractivity contribution in [1.82, 2.24) is 10.4 Å². The molecule has 0 atom stereocenters. The molecule has 0 saturated heterocycles. The van der Waals surface area contributed by atoms with Crippen molar-refractivity contribution in [3.8, 4) is 28.5 Å². The summed E-state index contributed by atoms with van der Waals surface area (Å²) in [7, 11) is 3.24. The second-order valence-electron chi connectivity index (χ2n) is 9.13. The fraction of sp³-hybridized carbons (Fsp3) is 0.121. The Morgan fingerprint density at radius 3 is 2.52 bits per heavy atom. The van der Waals surface area contributed by atoms with Gasteiger partial charge in [-0.3, -0.25) is 4.79 Å². The van der Waals surface area contributed by atoms with Crippen LogP contribution in [0.25, 0.3) is 22.2 Å². The lowest BCUT2D eigenvalue weighted by Crippen LogP contribution is -2.18. The number of fused-ring (bicyclic) bond motifs is 1. The van der Waals surface area contributed by atoms with Gasteiger partial charge in [-0.05, 0) is 66.6 Å². The number of rotatable bonds is 9. The highest BCUT2D eigenvalue weighted by molar-refractivity contribution is 6.07. The number of carbonyl (C=O) groups is 1. The molecule has 200 valence electrons. The summed E-state index contributed by atoms with van der Waals surface area (Å²) in [5, 5.41) is 4.97. The predicted octanol–water partition coefficient (Wildman–Crippen LogP) is 6.57. The molecule has 0 aliphatic rings. The minimum Gasteiger partial charge on any atom is -0.497 e. The Labute approximate surface area is 233 Å². The summed E-state index contributed by atoms with van der Waals surface area (Å²) < 4.78 is 16.9. The van der Waals surface area contributed by atoms with E-state index in [2.05, 4.69) is 10.5 Å². The fourth-order valence-electron chi connectivity index (χ4n) is 4.38. The summed E-state index contributed by atoms with van der Waals surface area (Å²) in [5.74, 6) is 1.90. The van der Waals surface area contributed by atoms with E-state index in [1.165, 1.54) is 0 Å². The average Bonchev–Trinajstić information content (AvgIpc) is 3.00. The third-order valence-electron chi connectivity index (χ3n) is 6.49. The molecule has 0 bridgehead atoms. The highest BCUT2D eigenvalue weighted by Gasteiger charge is 2.14. The lowest BCUT2D eigenvalue weighted by atomic mass is 10.0. The molecule has 0 fully saturated rings. The Kier molecular flexibility index (Phi) is 8.02. The molecule has 7 nitrogen and oxygen atoms in total. The Balaban J connectivity index is 1.36. The largest absolute Gasteiger partial charge is 0.497 e. The number of methoxy groups -OCH3 is 2. The first-order valence-electron chi connectivity index (χ1n) is 12.8. The second-order valence-corrected chi connectivity index (χ2v) is 9.13. The highest BCUT2D eigenvalue weighted by atomic mass is 16.5. The zero-order chi connectivity index (χ0) is 27.9. The van der Waals surface area contributed by atoms with Gasteiger partial charge in [0.2, 0.25) is 0 Å². The standard InChI is InChI=1S/C33H29N3O4/c1-22-9-4-7-14-31(22)40-21-25-17-23(15-16-32(25)39-3)20-34-36-33(37)28-19-30(24-10-8-11-26(18-24)38-2)35-29-13-6-5-12-27(28)29/h4-20H,21H2,1-3H3,(H,36,37). The number of nitrogens with one attached hydrogen (secondary N) is 1. The third kappa shape index (κ3) is 5.94. The normalized spacial score (nSPS) is 11.0. The van der Waals surface area contributed by atoms with Gasteiger partial charge in [0.25, 0.3) is 5.91 Å². The predicted molar refractivity (Wildman–Crippen MR) is 157 cm³/mol. The van der Waals surface area contributed by atoms with Crippen molar-refractivity contribution in [2.75, 3.05) is 14.2 Å². The molecule has 1 heterocycles. The lowest BCUT2D eigenvalue weighted by Gasteiger charge is -2.12. The van der Waals surface area contributed by atoms with Crippen LogP contribution in [0.1, 0.15) is 27.0 Å². The molecule has 1 aromatic heterocycles. The van der Waals surface area contributed by atoms with Crippen LogP contribution in [0.15, 0.2) is 102 Å². The van der Waals surface area contributed by atoms with E-state index in [0.29, 0.717) is 34.9 Å². The third-order valence-corrected chi connectivity index (χ3v) is 6.49. The van der Waals surface area contributed by atoms with Gasteiger partial charge >= 0.3 is 0 Å². The zero-order valence-corrected chi connectivity index (χ0v) is 22.5. The first-order chi connectivity index (χ1) is 19.6. The van der Waals surface area contributed by atoms with Gasteiger partial charge in [0.05, 0.1) is 37.2 Å². The van der Waals surface area contributed by atoms with Gasteiger partial charge in [-0.1, -0.05) is 48.5 Å². The summed E-state index contributed by atoms with van der Waals surface area (Å²) in [6.45, 7) is 2.34. The minimum absolute atomic E-state index is 0.331. The Bertz CT molecular complexity index is 1700. The number of benzene rings is 4. The van der Waals surface area contributed by atoms with E-state index in [4.69, 9.17) is 19.2 Å². The minimum atomic E-state index is -0.337. The van der Waals surface area contributed by atoms with Crippen molar-refractivity contribution < 1.29 is 19.0 Å². The van der Waals surface area contributed by atoms with Crippen LogP contribution in [0.5, 0.6) is 17.2 Å². The maximum atomic E-state index is 13.3. The van der Waals surface area contributed by atoms with Crippen LogP contribution in [-0.4, -0.2) is 31.3 Å². The number of para-hydroxylation sites is 2. The molecule has 7 heteroatoms.